The van der Waals surface area contributed by atoms with Crippen molar-refractivity contribution in [3.05, 3.63) is 46.3 Å². The number of aromatic amines is 1. The van der Waals surface area contributed by atoms with Crippen molar-refractivity contribution < 1.29 is 13.6 Å². The summed E-state index contributed by atoms with van der Waals surface area (Å²) in [4.78, 5) is 29.5. The lowest BCUT2D eigenvalue weighted by Crippen LogP contribution is -2.24. The van der Waals surface area contributed by atoms with Gasteiger partial charge in [-0.2, -0.15) is 0 Å². The molecule has 0 saturated heterocycles. The first-order valence-corrected chi connectivity index (χ1v) is 7.02. The van der Waals surface area contributed by atoms with Gasteiger partial charge in [0, 0.05) is 12.1 Å². The highest BCUT2D eigenvalue weighted by Crippen LogP contribution is 2.21. The van der Waals surface area contributed by atoms with Crippen LogP contribution in [0.1, 0.15) is 6.92 Å². The van der Waals surface area contributed by atoms with E-state index in [0.717, 1.165) is 36.0 Å². The third-order valence-electron chi connectivity index (χ3n) is 2.58. The number of carbonyl (C=O) groups is 1. The van der Waals surface area contributed by atoms with Gasteiger partial charge in [0.05, 0.1) is 10.9 Å². The van der Waals surface area contributed by atoms with Gasteiger partial charge in [0.15, 0.2) is 5.16 Å². The highest BCUT2D eigenvalue weighted by Gasteiger charge is 2.18. The average Bonchev–Trinajstić information content (AvgIpc) is 2.41. The molecule has 0 aliphatic heterocycles. The fraction of sp³-hybridized carbons (Fsp3) is 0.154. The van der Waals surface area contributed by atoms with E-state index in [4.69, 9.17) is 5.73 Å². The number of nitrogens with zero attached hydrogens (tertiary/aromatic N) is 1. The first-order valence-electron chi connectivity index (χ1n) is 6.14. The summed E-state index contributed by atoms with van der Waals surface area (Å²) in [5.41, 5.74) is 4.73. The number of halogens is 2. The van der Waals surface area contributed by atoms with E-state index in [1.807, 2.05) is 0 Å². The molecule has 2 aromatic rings. The van der Waals surface area contributed by atoms with Crippen LogP contribution in [0.15, 0.2) is 34.2 Å². The second-order valence-corrected chi connectivity index (χ2v) is 5.68. The van der Waals surface area contributed by atoms with Crippen molar-refractivity contribution in [1.82, 2.24) is 9.97 Å². The van der Waals surface area contributed by atoms with Crippen LogP contribution in [0, 0.1) is 11.6 Å². The van der Waals surface area contributed by atoms with E-state index < -0.39 is 28.4 Å². The molecular formula is C13H12F2N4O2S. The number of amides is 1. The van der Waals surface area contributed by atoms with Crippen LogP contribution in [0.5, 0.6) is 0 Å². The van der Waals surface area contributed by atoms with Crippen LogP contribution in [-0.2, 0) is 4.79 Å². The molecule has 1 atom stereocenters. The molecule has 0 aliphatic rings. The van der Waals surface area contributed by atoms with Gasteiger partial charge in [-0.1, -0.05) is 11.8 Å². The van der Waals surface area contributed by atoms with Gasteiger partial charge in [-0.3, -0.25) is 9.59 Å². The van der Waals surface area contributed by atoms with Crippen LogP contribution in [0.2, 0.25) is 0 Å². The van der Waals surface area contributed by atoms with Gasteiger partial charge >= 0.3 is 0 Å². The molecular weight excluding hydrogens is 314 g/mol. The van der Waals surface area contributed by atoms with E-state index in [-0.39, 0.29) is 16.7 Å². The first-order chi connectivity index (χ1) is 10.3. The standard InChI is InChI=1S/C13H12F2N4O2S/c1-6(22-13-18-10(16)5-11(20)19-13)12(21)17-9-4-7(14)2-3-8(9)15/h2-6H,1H3,(H,17,21)(H3,16,18,19,20). The molecule has 1 unspecified atom stereocenters. The zero-order valence-corrected chi connectivity index (χ0v) is 12.2. The summed E-state index contributed by atoms with van der Waals surface area (Å²) in [5, 5.41) is 1.72. The van der Waals surface area contributed by atoms with Crippen molar-refractivity contribution in [2.75, 3.05) is 11.1 Å². The number of hydrogen-bond donors (Lipinski definition) is 3. The Balaban J connectivity index is 2.09. The molecule has 4 N–H and O–H groups in total. The third-order valence-corrected chi connectivity index (χ3v) is 3.57. The van der Waals surface area contributed by atoms with Gasteiger partial charge in [0.25, 0.3) is 5.56 Å². The maximum absolute atomic E-state index is 13.5. The molecule has 0 spiro atoms. The van der Waals surface area contributed by atoms with Crippen molar-refractivity contribution in [3.8, 4) is 0 Å². The van der Waals surface area contributed by atoms with Crippen molar-refractivity contribution in [3.63, 3.8) is 0 Å². The monoisotopic (exact) mass is 326 g/mol. The highest BCUT2D eigenvalue weighted by molar-refractivity contribution is 8.00. The summed E-state index contributed by atoms with van der Waals surface area (Å²) >= 11 is 0.934. The Bertz CT molecular complexity index is 766. The van der Waals surface area contributed by atoms with E-state index in [1.54, 1.807) is 0 Å². The van der Waals surface area contributed by atoms with Gasteiger partial charge in [-0.25, -0.2) is 13.8 Å². The number of carbonyl (C=O) groups excluding carboxylic acids is 1. The minimum absolute atomic E-state index is 0.0232. The molecule has 6 nitrogen and oxygen atoms in total. The van der Waals surface area contributed by atoms with Crippen molar-refractivity contribution in [1.29, 1.82) is 0 Å². The fourth-order valence-corrected chi connectivity index (χ4v) is 2.38. The molecule has 0 radical (unpaired) electrons. The molecule has 1 aromatic carbocycles. The second kappa shape index (κ2) is 6.56. The molecule has 0 aliphatic carbocycles. The number of H-pyrrole nitrogens is 1. The van der Waals surface area contributed by atoms with Crippen LogP contribution in [0.4, 0.5) is 20.3 Å². The topological polar surface area (TPSA) is 101 Å². The zero-order chi connectivity index (χ0) is 16.3. The van der Waals surface area contributed by atoms with Gasteiger partial charge in [-0.15, -0.1) is 0 Å². The summed E-state index contributed by atoms with van der Waals surface area (Å²) in [6.07, 6.45) is 0. The van der Waals surface area contributed by atoms with E-state index in [1.165, 1.54) is 6.92 Å². The molecule has 1 heterocycles. The number of aromatic nitrogens is 2. The Morgan fingerprint density at radius 2 is 2.14 bits per heavy atom. The lowest BCUT2D eigenvalue weighted by Gasteiger charge is -2.12. The minimum Gasteiger partial charge on any atom is -0.383 e. The largest absolute Gasteiger partial charge is 0.383 e. The van der Waals surface area contributed by atoms with E-state index >= 15 is 0 Å². The summed E-state index contributed by atoms with van der Waals surface area (Å²) < 4.78 is 26.5. The van der Waals surface area contributed by atoms with Gasteiger partial charge < -0.3 is 16.0 Å². The fourth-order valence-electron chi connectivity index (χ4n) is 1.56. The molecule has 116 valence electrons. The molecule has 0 saturated carbocycles. The highest BCUT2D eigenvalue weighted by atomic mass is 32.2. The summed E-state index contributed by atoms with van der Waals surface area (Å²) in [6, 6.07) is 3.85. The number of nitrogen functional groups attached to an aromatic ring is 1. The van der Waals surface area contributed by atoms with Crippen LogP contribution >= 0.6 is 11.8 Å². The molecule has 9 heteroatoms. The number of rotatable bonds is 4. The third kappa shape index (κ3) is 4.04. The predicted molar refractivity (Wildman–Crippen MR) is 79.6 cm³/mol. The Labute approximate surface area is 128 Å². The summed E-state index contributed by atoms with van der Waals surface area (Å²) in [5.74, 6) is -1.96. The Morgan fingerprint density at radius 1 is 1.41 bits per heavy atom. The molecule has 0 bridgehead atoms. The minimum atomic E-state index is -0.748. The SMILES string of the molecule is CC(Sc1nc(N)cc(=O)[nH]1)C(=O)Nc1cc(F)ccc1F. The first kappa shape index (κ1) is 16.0. The molecule has 1 amide bonds. The van der Waals surface area contributed by atoms with Gasteiger partial charge in [0.2, 0.25) is 5.91 Å². The number of hydrogen-bond acceptors (Lipinski definition) is 5. The Kier molecular flexibility index (Phi) is 4.76. The number of benzene rings is 1. The summed E-state index contributed by atoms with van der Waals surface area (Å²) in [7, 11) is 0. The Morgan fingerprint density at radius 3 is 2.82 bits per heavy atom. The average molecular weight is 326 g/mol. The number of thioether (sulfide) groups is 1. The van der Waals surface area contributed by atoms with Gasteiger partial charge in [0.1, 0.15) is 17.5 Å². The van der Waals surface area contributed by atoms with Crippen molar-refractivity contribution in [2.45, 2.75) is 17.3 Å². The van der Waals surface area contributed by atoms with Crippen LogP contribution in [0.3, 0.4) is 0 Å². The smallest absolute Gasteiger partial charge is 0.253 e. The second-order valence-electron chi connectivity index (χ2n) is 4.35. The molecule has 2 rings (SSSR count). The lowest BCUT2D eigenvalue weighted by molar-refractivity contribution is -0.115. The van der Waals surface area contributed by atoms with Crippen molar-refractivity contribution in [2.24, 2.45) is 0 Å². The van der Waals surface area contributed by atoms with E-state index in [0.29, 0.717) is 0 Å². The maximum atomic E-state index is 13.5. The van der Waals surface area contributed by atoms with Crippen molar-refractivity contribution >= 4 is 29.2 Å². The zero-order valence-electron chi connectivity index (χ0n) is 11.4. The quantitative estimate of drug-likeness (QED) is 0.587. The number of nitrogens with two attached hydrogens (primary N) is 1. The Hall–Kier alpha value is -2.42. The predicted octanol–water partition coefficient (Wildman–Crippen LogP) is 1.75. The molecule has 0 fully saturated rings. The molecule has 22 heavy (non-hydrogen) atoms. The van der Waals surface area contributed by atoms with Crippen LogP contribution in [-0.4, -0.2) is 21.1 Å². The summed E-state index contributed by atoms with van der Waals surface area (Å²) in [6.45, 7) is 1.53. The number of anilines is 2. The van der Waals surface area contributed by atoms with Crippen LogP contribution < -0.4 is 16.6 Å². The number of nitrogens with one attached hydrogen (secondary N) is 2. The normalized spacial score (nSPS) is 12.0. The lowest BCUT2D eigenvalue weighted by atomic mass is 10.3. The van der Waals surface area contributed by atoms with Gasteiger partial charge in [-0.05, 0) is 19.1 Å². The van der Waals surface area contributed by atoms with E-state index in [2.05, 4.69) is 15.3 Å². The maximum Gasteiger partial charge on any atom is 0.253 e. The van der Waals surface area contributed by atoms with Crippen LogP contribution in [0.25, 0.3) is 0 Å². The van der Waals surface area contributed by atoms with E-state index in [9.17, 15) is 18.4 Å². The molecule has 1 aromatic heterocycles.